The molecule has 0 aromatic carbocycles. The zero-order chi connectivity index (χ0) is 13.1. The third kappa shape index (κ3) is 3.98. The van der Waals surface area contributed by atoms with Crippen LogP contribution in [0.2, 0.25) is 0 Å². The summed E-state index contributed by atoms with van der Waals surface area (Å²) in [5.74, 6) is 2.42. The minimum atomic E-state index is 0.456. The van der Waals surface area contributed by atoms with Gasteiger partial charge < -0.3 is 5.73 Å². The standard InChI is InChI=1S/C16H33N/c1-6-8-12-10-14(16(3,4)5)11-13(9-7-2)15(12)17/h12-15H,6-11,17H2,1-5H3. The topological polar surface area (TPSA) is 26.0 Å². The van der Waals surface area contributed by atoms with Crippen LogP contribution in [0.3, 0.4) is 0 Å². The molecule has 0 spiro atoms. The van der Waals surface area contributed by atoms with Gasteiger partial charge in [0.1, 0.15) is 0 Å². The van der Waals surface area contributed by atoms with Crippen molar-refractivity contribution in [1.82, 2.24) is 0 Å². The van der Waals surface area contributed by atoms with E-state index in [4.69, 9.17) is 5.73 Å². The monoisotopic (exact) mass is 239 g/mol. The SMILES string of the molecule is CCCC1CC(C(C)(C)C)CC(CCC)C1N. The Kier molecular flexibility index (Phi) is 5.50. The van der Waals surface area contributed by atoms with E-state index in [9.17, 15) is 0 Å². The van der Waals surface area contributed by atoms with Gasteiger partial charge in [0.25, 0.3) is 0 Å². The summed E-state index contributed by atoms with van der Waals surface area (Å²) in [7, 11) is 0. The lowest BCUT2D eigenvalue weighted by atomic mass is 9.62. The Morgan fingerprint density at radius 1 is 0.941 bits per heavy atom. The molecule has 1 saturated carbocycles. The molecule has 0 aliphatic heterocycles. The molecule has 102 valence electrons. The normalized spacial score (nSPS) is 34.9. The van der Waals surface area contributed by atoms with Crippen molar-refractivity contribution in [2.45, 2.75) is 79.2 Å². The summed E-state index contributed by atoms with van der Waals surface area (Å²) in [4.78, 5) is 0. The smallest absolute Gasteiger partial charge is 0.00958 e. The highest BCUT2D eigenvalue weighted by molar-refractivity contribution is 4.92. The highest BCUT2D eigenvalue weighted by Gasteiger charge is 2.38. The first-order valence-corrected chi connectivity index (χ1v) is 7.65. The van der Waals surface area contributed by atoms with Crippen molar-refractivity contribution in [2.24, 2.45) is 28.9 Å². The minimum absolute atomic E-state index is 0.456. The molecule has 1 nitrogen and oxygen atoms in total. The summed E-state index contributed by atoms with van der Waals surface area (Å²) in [6.45, 7) is 11.8. The van der Waals surface area contributed by atoms with E-state index >= 15 is 0 Å². The Hall–Kier alpha value is -0.0400. The molecule has 2 N–H and O–H groups in total. The fourth-order valence-corrected chi connectivity index (χ4v) is 3.60. The predicted octanol–water partition coefficient (Wildman–Crippen LogP) is 4.60. The number of hydrogen-bond donors (Lipinski definition) is 1. The fraction of sp³-hybridized carbons (Fsp3) is 1.00. The summed E-state index contributed by atoms with van der Waals surface area (Å²) in [6.07, 6.45) is 7.95. The Bertz CT molecular complexity index is 200. The van der Waals surface area contributed by atoms with E-state index in [2.05, 4.69) is 34.6 Å². The second-order valence-corrected chi connectivity index (χ2v) is 7.21. The molecule has 1 fully saturated rings. The van der Waals surface area contributed by atoms with E-state index < -0.39 is 0 Å². The van der Waals surface area contributed by atoms with E-state index in [0.29, 0.717) is 11.5 Å². The number of rotatable bonds is 4. The molecule has 0 saturated heterocycles. The van der Waals surface area contributed by atoms with Gasteiger partial charge in [-0.25, -0.2) is 0 Å². The zero-order valence-electron chi connectivity index (χ0n) is 12.6. The van der Waals surface area contributed by atoms with Crippen molar-refractivity contribution < 1.29 is 0 Å². The molecule has 0 heterocycles. The van der Waals surface area contributed by atoms with Crippen LogP contribution in [-0.4, -0.2) is 6.04 Å². The number of hydrogen-bond acceptors (Lipinski definition) is 1. The van der Waals surface area contributed by atoms with E-state index in [1.54, 1.807) is 0 Å². The number of nitrogens with two attached hydrogens (primary N) is 1. The van der Waals surface area contributed by atoms with Crippen LogP contribution in [0, 0.1) is 23.2 Å². The highest BCUT2D eigenvalue weighted by atomic mass is 14.7. The lowest BCUT2D eigenvalue weighted by Gasteiger charge is -2.45. The summed E-state index contributed by atoms with van der Waals surface area (Å²) < 4.78 is 0. The van der Waals surface area contributed by atoms with Gasteiger partial charge in [0.05, 0.1) is 0 Å². The molecule has 2 atom stereocenters. The zero-order valence-corrected chi connectivity index (χ0v) is 12.6. The minimum Gasteiger partial charge on any atom is -0.327 e. The van der Waals surface area contributed by atoms with E-state index in [-0.39, 0.29) is 0 Å². The molecular weight excluding hydrogens is 206 g/mol. The molecular formula is C16H33N. The lowest BCUT2D eigenvalue weighted by molar-refractivity contribution is 0.0746. The first-order chi connectivity index (χ1) is 7.90. The van der Waals surface area contributed by atoms with Crippen LogP contribution in [0.4, 0.5) is 0 Å². The van der Waals surface area contributed by atoms with E-state index in [1.165, 1.54) is 38.5 Å². The van der Waals surface area contributed by atoms with Crippen LogP contribution in [0.1, 0.15) is 73.1 Å². The Labute approximate surface area is 109 Å². The molecule has 1 aliphatic carbocycles. The van der Waals surface area contributed by atoms with Gasteiger partial charge in [-0.15, -0.1) is 0 Å². The van der Waals surface area contributed by atoms with Crippen LogP contribution in [0.25, 0.3) is 0 Å². The molecule has 17 heavy (non-hydrogen) atoms. The third-order valence-electron chi connectivity index (χ3n) is 4.81. The highest BCUT2D eigenvalue weighted by Crippen LogP contribution is 2.44. The maximum Gasteiger partial charge on any atom is 0.00958 e. The van der Waals surface area contributed by atoms with Crippen molar-refractivity contribution in [3.63, 3.8) is 0 Å². The summed E-state index contributed by atoms with van der Waals surface area (Å²) in [5.41, 5.74) is 6.96. The molecule has 0 bridgehead atoms. The van der Waals surface area contributed by atoms with Gasteiger partial charge in [0.2, 0.25) is 0 Å². The van der Waals surface area contributed by atoms with Gasteiger partial charge in [-0.05, 0) is 48.9 Å². The average molecular weight is 239 g/mol. The summed E-state index contributed by atoms with van der Waals surface area (Å²) in [6, 6.07) is 0.466. The maximum atomic E-state index is 6.50. The van der Waals surface area contributed by atoms with Crippen LogP contribution in [0.5, 0.6) is 0 Å². The molecule has 1 heteroatoms. The van der Waals surface area contributed by atoms with Gasteiger partial charge in [-0.3, -0.25) is 0 Å². The quantitative estimate of drug-likeness (QED) is 0.762. The van der Waals surface area contributed by atoms with Gasteiger partial charge in [-0.2, -0.15) is 0 Å². The van der Waals surface area contributed by atoms with Crippen molar-refractivity contribution in [3.8, 4) is 0 Å². The second kappa shape index (κ2) is 6.22. The van der Waals surface area contributed by atoms with Crippen LogP contribution >= 0.6 is 0 Å². The lowest BCUT2D eigenvalue weighted by Crippen LogP contribution is -2.46. The molecule has 0 aromatic heterocycles. The van der Waals surface area contributed by atoms with Crippen molar-refractivity contribution in [3.05, 3.63) is 0 Å². The van der Waals surface area contributed by atoms with Gasteiger partial charge in [0.15, 0.2) is 0 Å². The van der Waals surface area contributed by atoms with Gasteiger partial charge in [-0.1, -0.05) is 47.5 Å². The largest absolute Gasteiger partial charge is 0.327 e. The first kappa shape index (κ1) is 15.0. The summed E-state index contributed by atoms with van der Waals surface area (Å²) in [5, 5.41) is 0. The van der Waals surface area contributed by atoms with Crippen molar-refractivity contribution in [2.75, 3.05) is 0 Å². The van der Waals surface area contributed by atoms with Gasteiger partial charge >= 0.3 is 0 Å². The Morgan fingerprint density at radius 3 is 1.65 bits per heavy atom. The molecule has 2 unspecified atom stereocenters. The molecule has 1 rings (SSSR count). The molecule has 0 aromatic rings. The van der Waals surface area contributed by atoms with Crippen LogP contribution in [-0.2, 0) is 0 Å². The first-order valence-electron chi connectivity index (χ1n) is 7.65. The molecule has 0 amide bonds. The fourth-order valence-electron chi connectivity index (χ4n) is 3.60. The van der Waals surface area contributed by atoms with E-state index in [1.807, 2.05) is 0 Å². The van der Waals surface area contributed by atoms with Crippen molar-refractivity contribution in [1.29, 1.82) is 0 Å². The summed E-state index contributed by atoms with van der Waals surface area (Å²) >= 11 is 0. The maximum absolute atomic E-state index is 6.50. The van der Waals surface area contributed by atoms with E-state index in [0.717, 1.165) is 17.8 Å². The predicted molar refractivity (Wildman–Crippen MR) is 77.0 cm³/mol. The van der Waals surface area contributed by atoms with Gasteiger partial charge in [0, 0.05) is 6.04 Å². The second-order valence-electron chi connectivity index (χ2n) is 7.21. The van der Waals surface area contributed by atoms with Crippen molar-refractivity contribution >= 4 is 0 Å². The molecule has 1 aliphatic rings. The van der Waals surface area contributed by atoms with Crippen LogP contribution < -0.4 is 5.73 Å². The Balaban J connectivity index is 2.73. The van der Waals surface area contributed by atoms with Crippen LogP contribution in [0.15, 0.2) is 0 Å². The Morgan fingerprint density at radius 2 is 1.35 bits per heavy atom. The average Bonchev–Trinajstić information content (AvgIpc) is 2.22. The third-order valence-corrected chi connectivity index (χ3v) is 4.81. The molecule has 0 radical (unpaired) electrons.